The summed E-state index contributed by atoms with van der Waals surface area (Å²) in [7, 11) is 0. The highest BCUT2D eigenvalue weighted by molar-refractivity contribution is 6.29. The third-order valence-electron chi connectivity index (χ3n) is 1.93. The molecule has 2 aromatic heterocycles. The molecule has 0 unspecified atom stereocenters. The van der Waals surface area contributed by atoms with E-state index in [1.54, 1.807) is 0 Å². The predicted octanol–water partition coefficient (Wildman–Crippen LogP) is -0.241. The highest BCUT2D eigenvalue weighted by atomic mass is 35.5. The van der Waals surface area contributed by atoms with Gasteiger partial charge < -0.3 is 10.3 Å². The SMILES string of the molecule is O=C(Nc1cnc(Cl)cn1)c1c[nH]c(=O)[nH]c1=O. The van der Waals surface area contributed by atoms with E-state index in [-0.39, 0.29) is 16.5 Å². The van der Waals surface area contributed by atoms with Gasteiger partial charge in [-0.1, -0.05) is 11.6 Å². The van der Waals surface area contributed by atoms with Crippen LogP contribution in [0.3, 0.4) is 0 Å². The van der Waals surface area contributed by atoms with E-state index in [4.69, 9.17) is 11.6 Å². The first kappa shape index (κ1) is 12.0. The van der Waals surface area contributed by atoms with Crippen molar-refractivity contribution in [2.75, 3.05) is 5.32 Å². The lowest BCUT2D eigenvalue weighted by Gasteiger charge is -2.02. The van der Waals surface area contributed by atoms with Crippen LogP contribution in [0.5, 0.6) is 0 Å². The van der Waals surface area contributed by atoms with Gasteiger partial charge in [-0.15, -0.1) is 0 Å². The normalized spacial score (nSPS) is 10.1. The predicted molar refractivity (Wildman–Crippen MR) is 62.7 cm³/mol. The van der Waals surface area contributed by atoms with Crippen molar-refractivity contribution in [1.29, 1.82) is 0 Å². The minimum atomic E-state index is -0.793. The summed E-state index contributed by atoms with van der Waals surface area (Å²) < 4.78 is 0. The lowest BCUT2D eigenvalue weighted by Crippen LogP contribution is -2.29. The fourth-order valence-electron chi connectivity index (χ4n) is 1.14. The Bertz CT molecular complexity index is 690. The first-order chi connectivity index (χ1) is 8.56. The van der Waals surface area contributed by atoms with Crippen LogP contribution in [0.2, 0.25) is 5.15 Å². The number of carbonyl (C=O) groups is 1. The van der Waals surface area contributed by atoms with Gasteiger partial charge in [-0.2, -0.15) is 0 Å². The average Bonchev–Trinajstić information content (AvgIpc) is 2.32. The Labute approximate surface area is 104 Å². The minimum absolute atomic E-state index is 0.134. The summed E-state index contributed by atoms with van der Waals surface area (Å²) in [6, 6.07) is 0. The van der Waals surface area contributed by atoms with Gasteiger partial charge in [0.15, 0.2) is 5.82 Å². The summed E-state index contributed by atoms with van der Waals surface area (Å²) in [6.45, 7) is 0. The van der Waals surface area contributed by atoms with Gasteiger partial charge in [-0.05, 0) is 0 Å². The molecule has 0 aliphatic rings. The second-order valence-corrected chi connectivity index (χ2v) is 3.55. The van der Waals surface area contributed by atoms with Gasteiger partial charge in [-0.25, -0.2) is 14.8 Å². The number of aromatic nitrogens is 4. The monoisotopic (exact) mass is 267 g/mol. The Morgan fingerprint density at radius 1 is 1.28 bits per heavy atom. The van der Waals surface area contributed by atoms with Gasteiger partial charge in [-0.3, -0.25) is 14.6 Å². The first-order valence-electron chi connectivity index (χ1n) is 4.67. The van der Waals surface area contributed by atoms with Crippen molar-refractivity contribution < 1.29 is 4.79 Å². The molecule has 1 amide bonds. The third kappa shape index (κ3) is 2.61. The lowest BCUT2D eigenvalue weighted by molar-refractivity contribution is 0.102. The molecule has 0 aliphatic heterocycles. The fourth-order valence-corrected chi connectivity index (χ4v) is 1.24. The maximum atomic E-state index is 11.7. The average molecular weight is 268 g/mol. The molecule has 2 heterocycles. The van der Waals surface area contributed by atoms with Crippen LogP contribution in [0.4, 0.5) is 5.82 Å². The van der Waals surface area contributed by atoms with Gasteiger partial charge >= 0.3 is 5.69 Å². The van der Waals surface area contributed by atoms with Crippen LogP contribution in [0.1, 0.15) is 10.4 Å². The van der Waals surface area contributed by atoms with E-state index in [0.717, 1.165) is 6.20 Å². The number of rotatable bonds is 2. The van der Waals surface area contributed by atoms with Crippen molar-refractivity contribution >= 4 is 23.3 Å². The van der Waals surface area contributed by atoms with E-state index < -0.39 is 17.2 Å². The molecular weight excluding hydrogens is 262 g/mol. The molecular formula is C9H6ClN5O3. The van der Waals surface area contributed by atoms with Crippen LogP contribution in [-0.4, -0.2) is 25.8 Å². The first-order valence-corrected chi connectivity index (χ1v) is 5.05. The van der Waals surface area contributed by atoms with Crippen LogP contribution in [0.15, 0.2) is 28.2 Å². The van der Waals surface area contributed by atoms with Crippen LogP contribution >= 0.6 is 11.6 Å². The maximum Gasteiger partial charge on any atom is 0.325 e. The van der Waals surface area contributed by atoms with Gasteiger partial charge in [0.25, 0.3) is 11.5 Å². The number of nitrogens with zero attached hydrogens (tertiary/aromatic N) is 2. The molecule has 2 aromatic rings. The van der Waals surface area contributed by atoms with Crippen molar-refractivity contribution in [3.8, 4) is 0 Å². The number of halogens is 1. The molecule has 8 nitrogen and oxygen atoms in total. The second kappa shape index (κ2) is 4.80. The molecule has 0 saturated carbocycles. The molecule has 0 bridgehead atoms. The fraction of sp³-hybridized carbons (Fsp3) is 0. The maximum absolute atomic E-state index is 11.7. The summed E-state index contributed by atoms with van der Waals surface area (Å²) in [6.07, 6.45) is 3.49. The van der Waals surface area contributed by atoms with Crippen molar-refractivity contribution in [2.45, 2.75) is 0 Å². The molecule has 0 spiro atoms. The van der Waals surface area contributed by atoms with E-state index in [0.29, 0.717) is 0 Å². The zero-order chi connectivity index (χ0) is 13.1. The van der Waals surface area contributed by atoms with E-state index in [9.17, 15) is 14.4 Å². The van der Waals surface area contributed by atoms with E-state index >= 15 is 0 Å². The minimum Gasteiger partial charge on any atom is -0.313 e. The number of H-pyrrole nitrogens is 2. The van der Waals surface area contributed by atoms with E-state index in [1.807, 2.05) is 4.98 Å². The Morgan fingerprint density at radius 2 is 2.06 bits per heavy atom. The Morgan fingerprint density at radius 3 is 2.67 bits per heavy atom. The summed E-state index contributed by atoms with van der Waals surface area (Å²) in [5.74, 6) is -0.584. The quantitative estimate of drug-likeness (QED) is 0.693. The van der Waals surface area contributed by atoms with Crippen LogP contribution < -0.4 is 16.6 Å². The summed E-state index contributed by atoms with van der Waals surface area (Å²) in [5, 5.41) is 2.51. The lowest BCUT2D eigenvalue weighted by atomic mass is 10.3. The Kier molecular flexibility index (Phi) is 3.20. The Hall–Kier alpha value is -2.48. The third-order valence-corrected chi connectivity index (χ3v) is 2.12. The number of carbonyl (C=O) groups excluding carboxylic acids is 1. The zero-order valence-electron chi connectivity index (χ0n) is 8.73. The zero-order valence-corrected chi connectivity index (χ0v) is 9.49. The molecule has 0 radical (unpaired) electrons. The molecule has 9 heteroatoms. The number of nitrogens with one attached hydrogen (secondary N) is 3. The number of anilines is 1. The summed E-state index contributed by atoms with van der Waals surface area (Å²) in [5.41, 5.74) is -1.73. The van der Waals surface area contributed by atoms with E-state index in [1.165, 1.54) is 12.4 Å². The number of hydrogen-bond donors (Lipinski definition) is 3. The largest absolute Gasteiger partial charge is 0.325 e. The molecule has 2 rings (SSSR count). The van der Waals surface area contributed by atoms with Crippen molar-refractivity contribution in [1.82, 2.24) is 19.9 Å². The Balaban J connectivity index is 2.24. The van der Waals surface area contributed by atoms with E-state index in [2.05, 4.69) is 20.3 Å². The summed E-state index contributed by atoms with van der Waals surface area (Å²) in [4.78, 5) is 45.4. The van der Waals surface area contributed by atoms with Crippen molar-refractivity contribution in [3.05, 3.63) is 50.1 Å². The van der Waals surface area contributed by atoms with Gasteiger partial charge in [0.05, 0.1) is 12.4 Å². The molecule has 0 aliphatic carbocycles. The number of hydrogen-bond acceptors (Lipinski definition) is 5. The van der Waals surface area contributed by atoms with Crippen LogP contribution in [0.25, 0.3) is 0 Å². The topological polar surface area (TPSA) is 121 Å². The van der Waals surface area contributed by atoms with Crippen molar-refractivity contribution in [2.24, 2.45) is 0 Å². The highest BCUT2D eigenvalue weighted by Crippen LogP contribution is 2.05. The number of amides is 1. The molecule has 18 heavy (non-hydrogen) atoms. The van der Waals surface area contributed by atoms with Gasteiger partial charge in [0, 0.05) is 6.20 Å². The molecule has 92 valence electrons. The smallest absolute Gasteiger partial charge is 0.313 e. The standard InChI is InChI=1S/C9H6ClN5O3/c10-5-2-12-6(3-11-5)14-7(16)4-1-13-9(18)15-8(4)17/h1-3H,(H,12,14,16)(H2,13,15,17,18). The molecule has 0 atom stereocenters. The molecule has 0 fully saturated rings. The van der Waals surface area contributed by atoms with Crippen LogP contribution in [-0.2, 0) is 0 Å². The number of aromatic amines is 2. The molecule has 0 aromatic carbocycles. The van der Waals surface area contributed by atoms with Crippen LogP contribution in [0, 0.1) is 0 Å². The highest BCUT2D eigenvalue weighted by Gasteiger charge is 2.11. The molecule has 0 saturated heterocycles. The van der Waals surface area contributed by atoms with Crippen molar-refractivity contribution in [3.63, 3.8) is 0 Å². The van der Waals surface area contributed by atoms with Gasteiger partial charge in [0.1, 0.15) is 10.7 Å². The van der Waals surface area contributed by atoms with Gasteiger partial charge in [0.2, 0.25) is 0 Å². The molecule has 3 N–H and O–H groups in total. The second-order valence-electron chi connectivity index (χ2n) is 3.16. The summed E-state index contributed by atoms with van der Waals surface area (Å²) >= 11 is 5.53.